The van der Waals surface area contributed by atoms with Crippen LogP contribution in [0.3, 0.4) is 0 Å². The molecule has 0 radical (unpaired) electrons. The standard InChI is InChI=1S/C12H11ClN2OS/c1-8-7-14-12(13)15-11(8)17-10-6-4-3-5-9(10)16-2/h3-7H,1-2H3. The van der Waals surface area contributed by atoms with Gasteiger partial charge in [-0.2, -0.15) is 0 Å². The molecule has 0 aliphatic heterocycles. The minimum atomic E-state index is 0.257. The van der Waals surface area contributed by atoms with Crippen LogP contribution in [0, 0.1) is 6.92 Å². The number of methoxy groups -OCH3 is 1. The van der Waals surface area contributed by atoms with Crippen molar-refractivity contribution in [3.63, 3.8) is 0 Å². The summed E-state index contributed by atoms with van der Waals surface area (Å²) in [6, 6.07) is 7.80. The molecule has 0 aliphatic rings. The topological polar surface area (TPSA) is 35.0 Å². The monoisotopic (exact) mass is 266 g/mol. The second kappa shape index (κ2) is 5.38. The van der Waals surface area contributed by atoms with E-state index in [1.807, 2.05) is 31.2 Å². The Morgan fingerprint density at radius 1 is 1.29 bits per heavy atom. The van der Waals surface area contributed by atoms with Crippen LogP contribution in [-0.4, -0.2) is 17.1 Å². The number of benzene rings is 1. The lowest BCUT2D eigenvalue weighted by Gasteiger charge is -2.08. The van der Waals surface area contributed by atoms with E-state index in [1.165, 1.54) is 11.8 Å². The Kier molecular flexibility index (Phi) is 3.86. The first-order chi connectivity index (χ1) is 8.20. The van der Waals surface area contributed by atoms with E-state index in [-0.39, 0.29) is 5.28 Å². The zero-order valence-electron chi connectivity index (χ0n) is 9.48. The van der Waals surface area contributed by atoms with Gasteiger partial charge in [-0.15, -0.1) is 0 Å². The second-order valence-corrected chi connectivity index (χ2v) is 4.75. The van der Waals surface area contributed by atoms with E-state index in [0.717, 1.165) is 21.2 Å². The third kappa shape index (κ3) is 2.90. The summed E-state index contributed by atoms with van der Waals surface area (Å²) in [7, 11) is 1.65. The lowest BCUT2D eigenvalue weighted by atomic mass is 10.3. The molecule has 5 heteroatoms. The molecule has 1 aromatic heterocycles. The summed E-state index contributed by atoms with van der Waals surface area (Å²) >= 11 is 7.31. The molecular formula is C12H11ClN2OS. The van der Waals surface area contributed by atoms with Crippen LogP contribution in [0.1, 0.15) is 5.56 Å². The third-order valence-corrected chi connectivity index (χ3v) is 3.52. The first-order valence-electron chi connectivity index (χ1n) is 5.00. The van der Waals surface area contributed by atoms with Crippen molar-refractivity contribution in [2.75, 3.05) is 7.11 Å². The predicted octanol–water partition coefficient (Wildman–Crippen LogP) is 3.60. The van der Waals surface area contributed by atoms with Gasteiger partial charge in [0.25, 0.3) is 0 Å². The van der Waals surface area contributed by atoms with E-state index in [4.69, 9.17) is 16.3 Å². The van der Waals surface area contributed by atoms with Gasteiger partial charge in [-0.3, -0.25) is 0 Å². The third-order valence-electron chi connectivity index (χ3n) is 2.17. The van der Waals surface area contributed by atoms with Crippen molar-refractivity contribution in [1.29, 1.82) is 0 Å². The van der Waals surface area contributed by atoms with Gasteiger partial charge in [0.05, 0.1) is 12.0 Å². The van der Waals surface area contributed by atoms with Crippen LogP contribution in [0.15, 0.2) is 40.4 Å². The average molecular weight is 267 g/mol. The van der Waals surface area contributed by atoms with Gasteiger partial charge < -0.3 is 4.74 Å². The molecule has 17 heavy (non-hydrogen) atoms. The van der Waals surface area contributed by atoms with Gasteiger partial charge in [0.1, 0.15) is 10.8 Å². The second-order valence-electron chi connectivity index (χ2n) is 3.38. The number of halogens is 1. The maximum atomic E-state index is 5.79. The average Bonchev–Trinajstić information content (AvgIpc) is 2.34. The molecule has 88 valence electrons. The van der Waals surface area contributed by atoms with Gasteiger partial charge in [0.15, 0.2) is 0 Å². The Morgan fingerprint density at radius 3 is 2.82 bits per heavy atom. The summed E-state index contributed by atoms with van der Waals surface area (Å²) in [6.45, 7) is 1.95. The highest BCUT2D eigenvalue weighted by Crippen LogP contribution is 2.35. The number of hydrogen-bond acceptors (Lipinski definition) is 4. The molecule has 0 N–H and O–H groups in total. The van der Waals surface area contributed by atoms with Crippen molar-refractivity contribution >= 4 is 23.4 Å². The van der Waals surface area contributed by atoms with Gasteiger partial charge in [-0.25, -0.2) is 9.97 Å². The van der Waals surface area contributed by atoms with E-state index < -0.39 is 0 Å². The lowest BCUT2D eigenvalue weighted by Crippen LogP contribution is -1.91. The van der Waals surface area contributed by atoms with Crippen molar-refractivity contribution in [2.45, 2.75) is 16.8 Å². The fourth-order valence-corrected chi connectivity index (χ4v) is 2.45. The van der Waals surface area contributed by atoms with Crippen molar-refractivity contribution in [2.24, 2.45) is 0 Å². The van der Waals surface area contributed by atoms with Crippen molar-refractivity contribution in [3.8, 4) is 5.75 Å². The van der Waals surface area contributed by atoms with E-state index in [2.05, 4.69) is 9.97 Å². The summed E-state index contributed by atoms with van der Waals surface area (Å²) in [4.78, 5) is 9.15. The van der Waals surface area contributed by atoms with Gasteiger partial charge in [-0.1, -0.05) is 23.9 Å². The fourth-order valence-electron chi connectivity index (χ4n) is 1.32. The molecule has 2 aromatic rings. The van der Waals surface area contributed by atoms with Crippen LogP contribution >= 0.6 is 23.4 Å². The highest BCUT2D eigenvalue weighted by Gasteiger charge is 2.08. The molecule has 0 aliphatic carbocycles. The Balaban J connectivity index is 2.34. The molecular weight excluding hydrogens is 256 g/mol. The molecule has 0 fully saturated rings. The predicted molar refractivity (Wildman–Crippen MR) is 68.9 cm³/mol. The van der Waals surface area contributed by atoms with Crippen molar-refractivity contribution in [3.05, 3.63) is 41.3 Å². The molecule has 0 unspecified atom stereocenters. The highest BCUT2D eigenvalue weighted by atomic mass is 35.5. The normalized spacial score (nSPS) is 10.3. The smallest absolute Gasteiger partial charge is 0.223 e. The summed E-state index contributed by atoms with van der Waals surface area (Å²) in [5, 5.41) is 1.10. The number of rotatable bonds is 3. The Bertz CT molecular complexity index is 534. The van der Waals surface area contributed by atoms with Gasteiger partial charge in [0, 0.05) is 11.8 Å². The number of ether oxygens (including phenoxy) is 1. The molecule has 0 bridgehead atoms. The summed E-state index contributed by atoms with van der Waals surface area (Å²) in [5.74, 6) is 0.826. The number of nitrogens with zero attached hydrogens (tertiary/aromatic N) is 2. The van der Waals surface area contributed by atoms with E-state index in [9.17, 15) is 0 Å². The maximum absolute atomic E-state index is 5.79. The van der Waals surface area contributed by atoms with Crippen LogP contribution in [0.2, 0.25) is 5.28 Å². The van der Waals surface area contributed by atoms with Gasteiger partial charge >= 0.3 is 0 Å². The van der Waals surface area contributed by atoms with Crippen LogP contribution in [0.25, 0.3) is 0 Å². The number of aromatic nitrogens is 2. The first-order valence-corrected chi connectivity index (χ1v) is 6.20. The molecule has 0 spiro atoms. The largest absolute Gasteiger partial charge is 0.496 e. The summed E-state index contributed by atoms with van der Waals surface area (Å²) in [6.07, 6.45) is 1.72. The van der Waals surface area contributed by atoms with Crippen LogP contribution in [0.4, 0.5) is 0 Å². The lowest BCUT2D eigenvalue weighted by molar-refractivity contribution is 0.405. The molecule has 0 amide bonds. The Hall–Kier alpha value is -1.26. The Labute approximate surface area is 109 Å². The van der Waals surface area contributed by atoms with Crippen LogP contribution in [-0.2, 0) is 0 Å². The summed E-state index contributed by atoms with van der Waals surface area (Å²) in [5.41, 5.74) is 0.991. The minimum absolute atomic E-state index is 0.257. The van der Waals surface area contributed by atoms with E-state index in [0.29, 0.717) is 0 Å². The van der Waals surface area contributed by atoms with Crippen molar-refractivity contribution < 1.29 is 4.74 Å². The first kappa shape index (κ1) is 12.2. The Morgan fingerprint density at radius 2 is 2.06 bits per heavy atom. The molecule has 3 nitrogen and oxygen atoms in total. The van der Waals surface area contributed by atoms with E-state index >= 15 is 0 Å². The number of aryl methyl sites for hydroxylation is 1. The van der Waals surface area contributed by atoms with Crippen molar-refractivity contribution in [1.82, 2.24) is 9.97 Å². The summed E-state index contributed by atoms with van der Waals surface area (Å²) < 4.78 is 5.29. The molecule has 1 heterocycles. The molecule has 0 saturated heterocycles. The number of para-hydroxylation sites is 1. The highest BCUT2D eigenvalue weighted by molar-refractivity contribution is 7.99. The maximum Gasteiger partial charge on any atom is 0.223 e. The molecule has 0 saturated carbocycles. The zero-order valence-corrected chi connectivity index (χ0v) is 11.0. The fraction of sp³-hybridized carbons (Fsp3) is 0.167. The van der Waals surface area contributed by atoms with Gasteiger partial charge in [0.2, 0.25) is 5.28 Å². The molecule has 0 atom stereocenters. The molecule has 2 rings (SSSR count). The number of hydrogen-bond donors (Lipinski definition) is 0. The van der Waals surface area contributed by atoms with E-state index in [1.54, 1.807) is 13.3 Å². The zero-order chi connectivity index (χ0) is 12.3. The van der Waals surface area contributed by atoms with Crippen LogP contribution in [0.5, 0.6) is 5.75 Å². The van der Waals surface area contributed by atoms with Crippen LogP contribution < -0.4 is 4.74 Å². The minimum Gasteiger partial charge on any atom is -0.496 e. The SMILES string of the molecule is COc1ccccc1Sc1nc(Cl)ncc1C. The molecule has 1 aromatic carbocycles. The van der Waals surface area contributed by atoms with Gasteiger partial charge in [-0.05, 0) is 30.7 Å². The quantitative estimate of drug-likeness (QED) is 0.628.